The Morgan fingerprint density at radius 3 is 2.36 bits per heavy atom. The third-order valence-corrected chi connectivity index (χ3v) is 2.33. The van der Waals surface area contributed by atoms with E-state index in [4.69, 9.17) is 0 Å². The van der Waals surface area contributed by atoms with Gasteiger partial charge in [0.15, 0.2) is 0 Å². The first-order valence-electron chi connectivity index (χ1n) is 3.75. The van der Waals surface area contributed by atoms with E-state index in [0.717, 1.165) is 12.2 Å². The van der Waals surface area contributed by atoms with E-state index in [1.807, 2.05) is 19.0 Å². The van der Waals surface area contributed by atoms with Gasteiger partial charge in [-0.2, -0.15) is 11.8 Å². The van der Waals surface area contributed by atoms with Crippen molar-refractivity contribution in [1.82, 2.24) is 4.90 Å². The highest BCUT2D eigenvalue weighted by Gasteiger charge is 2.14. The number of hydrogen-bond donors (Lipinski definition) is 0. The minimum Gasteiger partial charge on any atom is -0.300 e. The van der Waals surface area contributed by atoms with Crippen LogP contribution in [-0.2, 0) is 4.79 Å². The lowest BCUT2D eigenvalue weighted by Crippen LogP contribution is -2.34. The fourth-order valence-electron chi connectivity index (χ4n) is 1.05. The summed E-state index contributed by atoms with van der Waals surface area (Å²) in [5.74, 6) is 1.33. The summed E-state index contributed by atoms with van der Waals surface area (Å²) < 4.78 is 0. The molecule has 0 aliphatic heterocycles. The molecule has 1 atom stereocenters. The Kier molecular flexibility index (Phi) is 5.60. The molecule has 0 heterocycles. The van der Waals surface area contributed by atoms with E-state index in [0.29, 0.717) is 0 Å². The molecule has 0 spiro atoms. The summed E-state index contributed by atoms with van der Waals surface area (Å²) in [5, 5.41) is 0. The van der Waals surface area contributed by atoms with Crippen LogP contribution in [0.25, 0.3) is 0 Å². The molecule has 0 rings (SSSR count). The lowest BCUT2D eigenvalue weighted by Gasteiger charge is -2.20. The minimum absolute atomic E-state index is 0.113. The average molecular weight is 175 g/mol. The van der Waals surface area contributed by atoms with Gasteiger partial charge in [-0.15, -0.1) is 0 Å². The second-order valence-electron chi connectivity index (χ2n) is 2.87. The maximum absolute atomic E-state index is 11.0. The van der Waals surface area contributed by atoms with Gasteiger partial charge in [-0.05, 0) is 39.4 Å². The number of thioether (sulfide) groups is 1. The Hall–Kier alpha value is -0.0200. The fraction of sp³-hybridized carbons (Fsp3) is 0.875. The van der Waals surface area contributed by atoms with Gasteiger partial charge in [0, 0.05) is 0 Å². The van der Waals surface area contributed by atoms with Gasteiger partial charge in [0.1, 0.15) is 5.78 Å². The Morgan fingerprint density at radius 1 is 1.55 bits per heavy atom. The molecule has 0 radical (unpaired) electrons. The van der Waals surface area contributed by atoms with E-state index in [1.165, 1.54) is 0 Å². The van der Waals surface area contributed by atoms with Crippen LogP contribution in [0.4, 0.5) is 0 Å². The Morgan fingerprint density at radius 2 is 2.09 bits per heavy atom. The highest BCUT2D eigenvalue weighted by molar-refractivity contribution is 7.98. The Bertz CT molecular complexity index is 125. The van der Waals surface area contributed by atoms with Crippen molar-refractivity contribution in [2.24, 2.45) is 0 Å². The van der Waals surface area contributed by atoms with Crippen molar-refractivity contribution in [2.45, 2.75) is 19.4 Å². The molecular weight excluding hydrogens is 158 g/mol. The van der Waals surface area contributed by atoms with E-state index < -0.39 is 0 Å². The highest BCUT2D eigenvalue weighted by Crippen LogP contribution is 2.05. The molecule has 0 amide bonds. The summed E-state index contributed by atoms with van der Waals surface area (Å²) in [6.07, 6.45) is 3.02. The van der Waals surface area contributed by atoms with Crippen LogP contribution < -0.4 is 0 Å². The molecule has 0 aromatic heterocycles. The predicted molar refractivity (Wildman–Crippen MR) is 51.2 cm³/mol. The zero-order chi connectivity index (χ0) is 8.85. The van der Waals surface area contributed by atoms with Crippen LogP contribution in [0.5, 0.6) is 0 Å². The molecule has 0 N–H and O–H groups in total. The van der Waals surface area contributed by atoms with Gasteiger partial charge in [-0.3, -0.25) is 9.69 Å². The number of likely N-dealkylation sites (N-methyl/N-ethyl adjacent to an activating group) is 1. The van der Waals surface area contributed by atoms with Gasteiger partial charge in [0.2, 0.25) is 0 Å². The van der Waals surface area contributed by atoms with Crippen molar-refractivity contribution < 1.29 is 4.79 Å². The largest absolute Gasteiger partial charge is 0.300 e. The molecule has 11 heavy (non-hydrogen) atoms. The Balaban J connectivity index is 3.80. The summed E-state index contributed by atoms with van der Waals surface area (Å²) in [7, 11) is 3.90. The second kappa shape index (κ2) is 5.61. The van der Waals surface area contributed by atoms with Crippen LogP contribution in [0.2, 0.25) is 0 Å². The number of carbonyl (C=O) groups is 1. The van der Waals surface area contributed by atoms with Crippen LogP contribution in [-0.4, -0.2) is 42.8 Å². The van der Waals surface area contributed by atoms with Crippen LogP contribution in [0.3, 0.4) is 0 Å². The van der Waals surface area contributed by atoms with E-state index in [9.17, 15) is 4.79 Å². The van der Waals surface area contributed by atoms with Gasteiger partial charge < -0.3 is 0 Å². The van der Waals surface area contributed by atoms with Crippen LogP contribution in [0.1, 0.15) is 13.3 Å². The van der Waals surface area contributed by atoms with Gasteiger partial charge in [-0.25, -0.2) is 0 Å². The molecule has 2 nitrogen and oxygen atoms in total. The molecule has 1 unspecified atom stereocenters. The molecule has 0 bridgehead atoms. The summed E-state index contributed by atoms with van der Waals surface area (Å²) >= 11 is 1.79. The van der Waals surface area contributed by atoms with Crippen molar-refractivity contribution in [3.63, 3.8) is 0 Å². The normalized spacial score (nSPS) is 13.5. The smallest absolute Gasteiger partial charge is 0.146 e. The molecular formula is C8H17NOS. The number of ketones is 1. The molecule has 0 fully saturated rings. The molecule has 66 valence electrons. The summed E-state index contributed by atoms with van der Waals surface area (Å²) in [4.78, 5) is 13.0. The number of carbonyl (C=O) groups excluding carboxylic acids is 1. The molecule has 0 saturated carbocycles. The average Bonchev–Trinajstić information content (AvgIpc) is 1.87. The third kappa shape index (κ3) is 4.43. The maximum atomic E-state index is 11.0. The van der Waals surface area contributed by atoms with E-state index >= 15 is 0 Å². The molecule has 0 aromatic rings. The van der Waals surface area contributed by atoms with Crippen LogP contribution in [0, 0.1) is 0 Å². The second-order valence-corrected chi connectivity index (χ2v) is 3.86. The van der Waals surface area contributed by atoms with Crippen molar-refractivity contribution in [3.05, 3.63) is 0 Å². The zero-order valence-electron chi connectivity index (χ0n) is 7.76. The number of hydrogen-bond acceptors (Lipinski definition) is 3. The highest BCUT2D eigenvalue weighted by atomic mass is 32.2. The zero-order valence-corrected chi connectivity index (χ0v) is 8.57. The third-order valence-electron chi connectivity index (χ3n) is 1.69. The lowest BCUT2D eigenvalue weighted by atomic mass is 10.1. The van der Waals surface area contributed by atoms with Crippen molar-refractivity contribution in [3.8, 4) is 0 Å². The van der Waals surface area contributed by atoms with E-state index in [2.05, 4.69) is 6.26 Å². The van der Waals surface area contributed by atoms with E-state index in [1.54, 1.807) is 18.7 Å². The molecule has 0 aromatic carbocycles. The Labute approximate surface area is 73.3 Å². The first kappa shape index (κ1) is 11.0. The number of Topliss-reactive ketones (excluding diaryl/α,β-unsaturated/α-hetero) is 1. The molecule has 0 saturated heterocycles. The van der Waals surface area contributed by atoms with Crippen molar-refractivity contribution >= 4 is 17.5 Å². The van der Waals surface area contributed by atoms with Crippen LogP contribution >= 0.6 is 11.8 Å². The van der Waals surface area contributed by atoms with Gasteiger partial charge in [-0.1, -0.05) is 0 Å². The van der Waals surface area contributed by atoms with Gasteiger partial charge in [0.05, 0.1) is 6.04 Å². The van der Waals surface area contributed by atoms with Crippen molar-refractivity contribution in [1.29, 1.82) is 0 Å². The van der Waals surface area contributed by atoms with Gasteiger partial charge >= 0.3 is 0 Å². The summed E-state index contributed by atoms with van der Waals surface area (Å²) in [6.45, 7) is 1.66. The standard InChI is InChI=1S/C8H17NOS/c1-7(10)8(9(2)3)5-6-11-4/h8H,5-6H2,1-4H3. The predicted octanol–water partition coefficient (Wildman–Crippen LogP) is 1.26. The SMILES string of the molecule is CSCCC(C(C)=O)N(C)C. The first-order chi connectivity index (χ1) is 5.09. The number of rotatable bonds is 5. The van der Waals surface area contributed by atoms with Crippen molar-refractivity contribution in [2.75, 3.05) is 26.1 Å². The summed E-state index contributed by atoms with van der Waals surface area (Å²) in [5.41, 5.74) is 0. The molecule has 3 heteroatoms. The summed E-state index contributed by atoms with van der Waals surface area (Å²) in [6, 6.07) is 0.113. The fourth-order valence-corrected chi connectivity index (χ4v) is 1.51. The minimum atomic E-state index is 0.113. The maximum Gasteiger partial charge on any atom is 0.146 e. The quantitative estimate of drug-likeness (QED) is 0.627. The lowest BCUT2D eigenvalue weighted by molar-refractivity contribution is -0.121. The number of nitrogens with zero attached hydrogens (tertiary/aromatic N) is 1. The first-order valence-corrected chi connectivity index (χ1v) is 5.14. The monoisotopic (exact) mass is 175 g/mol. The van der Waals surface area contributed by atoms with Crippen LogP contribution in [0.15, 0.2) is 0 Å². The van der Waals surface area contributed by atoms with E-state index in [-0.39, 0.29) is 11.8 Å². The van der Waals surface area contributed by atoms with Gasteiger partial charge in [0.25, 0.3) is 0 Å². The topological polar surface area (TPSA) is 20.3 Å². The molecule has 0 aliphatic carbocycles. The molecule has 0 aliphatic rings.